The maximum absolute atomic E-state index is 13.1. The fourth-order valence-electron chi connectivity index (χ4n) is 3.62. The van der Waals surface area contributed by atoms with Crippen molar-refractivity contribution in [2.45, 2.75) is 45.1 Å². The van der Waals surface area contributed by atoms with E-state index < -0.39 is 17.5 Å². The molecule has 0 aliphatic carbocycles. The maximum atomic E-state index is 13.1. The van der Waals surface area contributed by atoms with Crippen molar-refractivity contribution in [2.24, 2.45) is 0 Å². The van der Waals surface area contributed by atoms with Gasteiger partial charge in [-0.3, -0.25) is 9.69 Å². The van der Waals surface area contributed by atoms with Gasteiger partial charge < -0.3 is 14.8 Å². The molecule has 1 atom stereocenters. The van der Waals surface area contributed by atoms with Gasteiger partial charge >= 0.3 is 12.0 Å². The Morgan fingerprint density at radius 3 is 2.22 bits per heavy atom. The number of carbonyl (C=O) groups excluding carboxylic acids is 3. The van der Waals surface area contributed by atoms with Crippen LogP contribution in [0.5, 0.6) is 5.75 Å². The highest BCUT2D eigenvalue weighted by Crippen LogP contribution is 2.31. The average molecular weight is 439 g/mol. The number of amides is 3. The summed E-state index contributed by atoms with van der Waals surface area (Å²) in [7, 11) is 1.33. The third-order valence-corrected chi connectivity index (χ3v) is 5.67. The van der Waals surface area contributed by atoms with Gasteiger partial charge in [0.1, 0.15) is 11.3 Å². The third-order valence-electron chi connectivity index (χ3n) is 5.67. The van der Waals surface area contributed by atoms with Gasteiger partial charge in [0, 0.05) is 6.54 Å². The van der Waals surface area contributed by atoms with Crippen LogP contribution in [0.1, 0.15) is 55.6 Å². The molecule has 7 nitrogen and oxygen atoms in total. The van der Waals surface area contributed by atoms with Crippen LogP contribution >= 0.6 is 0 Å². The molecular formula is C25H30N2O5. The van der Waals surface area contributed by atoms with Crippen molar-refractivity contribution in [1.82, 2.24) is 10.2 Å². The Kier molecular flexibility index (Phi) is 6.57. The van der Waals surface area contributed by atoms with Crippen LogP contribution in [-0.2, 0) is 20.5 Å². The minimum atomic E-state index is -1.09. The van der Waals surface area contributed by atoms with E-state index in [4.69, 9.17) is 4.74 Å². The minimum Gasteiger partial charge on any atom is -0.494 e. The fraction of sp³-hybridized carbons (Fsp3) is 0.400. The number of imide groups is 1. The molecule has 2 aromatic rings. The van der Waals surface area contributed by atoms with E-state index in [1.165, 1.54) is 12.0 Å². The van der Waals surface area contributed by atoms with Crippen LogP contribution in [0.2, 0.25) is 0 Å². The summed E-state index contributed by atoms with van der Waals surface area (Å²) in [5.41, 5.74) is 1.28. The lowest BCUT2D eigenvalue weighted by Gasteiger charge is -2.24. The van der Waals surface area contributed by atoms with Crippen LogP contribution < -0.4 is 10.1 Å². The Morgan fingerprint density at radius 1 is 1.03 bits per heavy atom. The first kappa shape index (κ1) is 23.3. The van der Waals surface area contributed by atoms with Crippen LogP contribution in [0.25, 0.3) is 0 Å². The number of methoxy groups -OCH3 is 1. The zero-order valence-electron chi connectivity index (χ0n) is 19.2. The van der Waals surface area contributed by atoms with E-state index in [2.05, 4.69) is 30.8 Å². The molecule has 3 rings (SSSR count). The van der Waals surface area contributed by atoms with E-state index in [1.807, 2.05) is 24.3 Å². The lowest BCUT2D eigenvalue weighted by atomic mass is 9.84. The zero-order chi connectivity index (χ0) is 23.5. The number of nitrogens with one attached hydrogen (secondary N) is 1. The van der Waals surface area contributed by atoms with Gasteiger partial charge in [-0.1, -0.05) is 45.0 Å². The predicted molar refractivity (Wildman–Crippen MR) is 121 cm³/mol. The Hall–Kier alpha value is -3.35. The molecule has 7 heteroatoms. The third kappa shape index (κ3) is 4.77. The lowest BCUT2D eigenvalue weighted by molar-refractivity contribution is -0.131. The minimum absolute atomic E-state index is 0.00797. The monoisotopic (exact) mass is 438 g/mol. The molecule has 2 aromatic carbocycles. The van der Waals surface area contributed by atoms with Crippen LogP contribution in [0.15, 0.2) is 48.5 Å². The second kappa shape index (κ2) is 9.02. The number of nitrogens with zero attached hydrogens (tertiary/aromatic N) is 1. The summed E-state index contributed by atoms with van der Waals surface area (Å²) in [4.78, 5) is 38.3. The molecule has 1 saturated heterocycles. The quantitative estimate of drug-likeness (QED) is 0.401. The highest BCUT2D eigenvalue weighted by atomic mass is 16.5. The van der Waals surface area contributed by atoms with Gasteiger partial charge in [-0.25, -0.2) is 9.59 Å². The van der Waals surface area contributed by atoms with Gasteiger partial charge in [-0.15, -0.1) is 0 Å². The Bertz CT molecular complexity index is 992. The van der Waals surface area contributed by atoms with Gasteiger partial charge in [0.25, 0.3) is 5.91 Å². The highest BCUT2D eigenvalue weighted by molar-refractivity contribution is 6.07. The summed E-state index contributed by atoms with van der Waals surface area (Å²) in [5.74, 6) is -0.0849. The van der Waals surface area contributed by atoms with E-state index >= 15 is 0 Å². The summed E-state index contributed by atoms with van der Waals surface area (Å²) in [5, 5.41) is 2.84. The van der Waals surface area contributed by atoms with Gasteiger partial charge in [-0.05, 0) is 54.2 Å². The first-order valence-electron chi connectivity index (χ1n) is 10.6. The van der Waals surface area contributed by atoms with Crippen molar-refractivity contribution in [3.05, 3.63) is 65.2 Å². The first-order valence-corrected chi connectivity index (χ1v) is 10.6. The van der Waals surface area contributed by atoms with Crippen molar-refractivity contribution in [3.63, 3.8) is 0 Å². The van der Waals surface area contributed by atoms with E-state index in [0.29, 0.717) is 24.3 Å². The van der Waals surface area contributed by atoms with Gasteiger partial charge in [-0.2, -0.15) is 0 Å². The molecule has 32 heavy (non-hydrogen) atoms. The molecule has 170 valence electrons. The molecule has 0 bridgehead atoms. The molecule has 0 aromatic heterocycles. The second-order valence-corrected chi connectivity index (χ2v) is 9.06. The van der Waals surface area contributed by atoms with Crippen molar-refractivity contribution < 1.29 is 23.9 Å². The maximum Gasteiger partial charge on any atom is 0.337 e. The summed E-state index contributed by atoms with van der Waals surface area (Å²) < 4.78 is 10.3. The van der Waals surface area contributed by atoms with Crippen molar-refractivity contribution in [3.8, 4) is 5.75 Å². The number of benzene rings is 2. The summed E-state index contributed by atoms with van der Waals surface area (Å²) in [6, 6.07) is 14.0. The summed E-state index contributed by atoms with van der Waals surface area (Å²) in [6.45, 7) is 8.70. The smallest absolute Gasteiger partial charge is 0.337 e. The molecule has 0 radical (unpaired) electrons. The normalized spacial score (nSPS) is 18.5. The molecule has 1 aliphatic heterocycles. The molecule has 1 heterocycles. The van der Waals surface area contributed by atoms with E-state index in [0.717, 1.165) is 11.1 Å². The SMILES string of the molecule is COC(=O)c1ccc(OCCCN2C(=O)NC(C)(c3ccc(C(C)(C)C)cc3)C2=O)cc1. The number of hydrogen-bond donors (Lipinski definition) is 1. The van der Waals surface area contributed by atoms with Crippen molar-refractivity contribution >= 4 is 17.9 Å². The second-order valence-electron chi connectivity index (χ2n) is 9.06. The van der Waals surface area contributed by atoms with E-state index in [1.54, 1.807) is 31.2 Å². The molecular weight excluding hydrogens is 408 g/mol. The summed E-state index contributed by atoms with van der Waals surface area (Å²) >= 11 is 0. The Morgan fingerprint density at radius 2 is 1.66 bits per heavy atom. The molecule has 0 saturated carbocycles. The topological polar surface area (TPSA) is 84.9 Å². The number of urea groups is 1. The highest BCUT2D eigenvalue weighted by Gasteiger charge is 2.48. The largest absolute Gasteiger partial charge is 0.494 e. The van der Waals surface area contributed by atoms with Gasteiger partial charge in [0.15, 0.2) is 0 Å². The predicted octanol–water partition coefficient (Wildman–Crippen LogP) is 4.01. The van der Waals surface area contributed by atoms with Gasteiger partial charge in [0.05, 0.1) is 19.3 Å². The number of hydrogen-bond acceptors (Lipinski definition) is 5. The molecule has 1 fully saturated rings. The zero-order valence-corrected chi connectivity index (χ0v) is 19.2. The Labute approximate surface area is 188 Å². The lowest BCUT2D eigenvalue weighted by Crippen LogP contribution is -2.41. The van der Waals surface area contributed by atoms with Crippen LogP contribution in [0, 0.1) is 0 Å². The number of esters is 1. The molecule has 3 amide bonds. The van der Waals surface area contributed by atoms with E-state index in [9.17, 15) is 14.4 Å². The first-order chi connectivity index (χ1) is 15.1. The number of rotatable bonds is 7. The molecule has 0 spiro atoms. The van der Waals surface area contributed by atoms with E-state index in [-0.39, 0.29) is 17.9 Å². The number of carbonyl (C=O) groups is 3. The van der Waals surface area contributed by atoms with Gasteiger partial charge in [0.2, 0.25) is 0 Å². The van der Waals surface area contributed by atoms with Crippen molar-refractivity contribution in [1.29, 1.82) is 0 Å². The van der Waals surface area contributed by atoms with Crippen LogP contribution in [0.4, 0.5) is 4.79 Å². The number of ether oxygens (including phenoxy) is 2. The fourth-order valence-corrected chi connectivity index (χ4v) is 3.62. The van der Waals surface area contributed by atoms with Crippen LogP contribution in [0.3, 0.4) is 0 Å². The average Bonchev–Trinajstić information content (AvgIpc) is 2.99. The standard InChI is InChI=1S/C25H30N2O5/c1-24(2,3)18-9-11-19(12-10-18)25(4)22(29)27(23(30)26-25)15-6-16-32-20-13-7-17(8-14-20)21(28)31-5/h7-14H,6,15-16H2,1-5H3,(H,26,30). The van der Waals surface area contributed by atoms with Crippen molar-refractivity contribution in [2.75, 3.05) is 20.3 Å². The molecule has 1 N–H and O–H groups in total. The Balaban J connectivity index is 1.57. The summed E-state index contributed by atoms with van der Waals surface area (Å²) in [6.07, 6.45) is 0.483. The molecule has 1 aliphatic rings. The molecule has 1 unspecified atom stereocenters. The van der Waals surface area contributed by atoms with Crippen LogP contribution in [-0.4, -0.2) is 43.1 Å².